The summed E-state index contributed by atoms with van der Waals surface area (Å²) in [6, 6.07) is 8.48. The Hall–Kier alpha value is -2.78. The number of hydrogen-bond donors (Lipinski definition) is 2. The van der Waals surface area contributed by atoms with Gasteiger partial charge in [0.1, 0.15) is 0 Å². The smallest absolute Gasteiger partial charge is 0.326 e. The molecule has 0 radical (unpaired) electrons. The average Bonchev–Trinajstić information content (AvgIpc) is 3.24. The summed E-state index contributed by atoms with van der Waals surface area (Å²) in [5.41, 5.74) is 3.06. The molecule has 1 amide bonds. The maximum atomic E-state index is 13.4. The molecule has 31 heavy (non-hydrogen) atoms. The molecule has 0 bridgehead atoms. The van der Waals surface area contributed by atoms with Crippen molar-refractivity contribution in [2.24, 2.45) is 7.05 Å². The number of rotatable bonds is 5. The minimum absolute atomic E-state index is 0. The molecule has 0 spiro atoms. The van der Waals surface area contributed by atoms with E-state index in [0.717, 1.165) is 16.8 Å². The molecule has 1 fully saturated rings. The molecule has 1 aliphatic heterocycles. The largest absolute Gasteiger partial charge is 0.348 e. The van der Waals surface area contributed by atoms with E-state index in [0.29, 0.717) is 17.6 Å². The van der Waals surface area contributed by atoms with Crippen LogP contribution in [0.15, 0.2) is 41.3 Å². The molecule has 7 nitrogen and oxygen atoms in total. The lowest BCUT2D eigenvalue weighted by atomic mass is 10.1. The van der Waals surface area contributed by atoms with Crippen molar-refractivity contribution in [1.82, 2.24) is 24.8 Å². The second-order valence-corrected chi connectivity index (χ2v) is 7.75. The van der Waals surface area contributed by atoms with Gasteiger partial charge in [-0.1, -0.05) is 6.07 Å². The number of carbonyl (C=O) groups excluding carboxylic acids is 1. The maximum Gasteiger partial charge on any atom is 0.326 e. The van der Waals surface area contributed by atoms with Crippen LogP contribution in [-0.2, 0) is 13.6 Å². The Bertz CT molecular complexity index is 1140. The number of aryl methyl sites for hydroxylation is 1. The maximum absolute atomic E-state index is 13.4. The van der Waals surface area contributed by atoms with Crippen LogP contribution in [0, 0.1) is 0 Å². The lowest BCUT2D eigenvalue weighted by molar-refractivity contribution is 0.00814. The minimum atomic E-state index is -2.63. The molecule has 2 N–H and O–H groups in total. The zero-order valence-electron chi connectivity index (χ0n) is 17.2. The normalized spacial score (nSPS) is 16.8. The number of halogens is 3. The number of fused-ring (bicyclic) bond motifs is 1. The molecule has 0 aliphatic carbocycles. The average molecular weight is 452 g/mol. The van der Waals surface area contributed by atoms with E-state index in [-0.39, 0.29) is 49.6 Å². The van der Waals surface area contributed by atoms with Crippen molar-refractivity contribution < 1.29 is 13.6 Å². The van der Waals surface area contributed by atoms with Gasteiger partial charge in [-0.2, -0.15) is 0 Å². The third-order valence-corrected chi connectivity index (χ3v) is 5.64. The van der Waals surface area contributed by atoms with Crippen molar-refractivity contribution in [3.05, 3.63) is 63.8 Å². The van der Waals surface area contributed by atoms with E-state index in [1.807, 2.05) is 19.1 Å². The summed E-state index contributed by atoms with van der Waals surface area (Å²) in [5.74, 6) is -2.90. The number of carbonyl (C=O) groups is 1. The van der Waals surface area contributed by atoms with Crippen LogP contribution in [0.3, 0.4) is 0 Å². The Morgan fingerprint density at radius 3 is 2.74 bits per heavy atom. The van der Waals surface area contributed by atoms with Crippen LogP contribution in [-0.4, -0.2) is 44.4 Å². The second-order valence-electron chi connectivity index (χ2n) is 7.75. The fourth-order valence-corrected chi connectivity index (χ4v) is 3.73. The molecule has 4 rings (SSSR count). The lowest BCUT2D eigenvalue weighted by Gasteiger charge is -2.23. The number of H-pyrrole nitrogens is 1. The minimum Gasteiger partial charge on any atom is -0.348 e. The first kappa shape index (κ1) is 22.9. The number of alkyl halides is 2. The quantitative estimate of drug-likeness (QED) is 0.624. The van der Waals surface area contributed by atoms with Gasteiger partial charge in [0.2, 0.25) is 0 Å². The first-order valence-corrected chi connectivity index (χ1v) is 9.77. The molecule has 3 aromatic rings. The predicted octanol–water partition coefficient (Wildman–Crippen LogP) is 3.02. The van der Waals surface area contributed by atoms with Crippen LogP contribution in [0.4, 0.5) is 8.78 Å². The Kier molecular flexibility index (Phi) is 6.47. The van der Waals surface area contributed by atoms with E-state index in [1.165, 1.54) is 4.57 Å². The fraction of sp³-hybridized carbons (Fsp3) is 0.381. The number of aromatic amines is 1. The molecule has 166 valence electrons. The van der Waals surface area contributed by atoms with E-state index < -0.39 is 5.92 Å². The van der Waals surface area contributed by atoms with E-state index in [1.54, 1.807) is 36.3 Å². The number of aromatic nitrogens is 3. The van der Waals surface area contributed by atoms with E-state index >= 15 is 0 Å². The van der Waals surface area contributed by atoms with Crippen molar-refractivity contribution in [3.8, 4) is 0 Å². The summed E-state index contributed by atoms with van der Waals surface area (Å²) in [5, 5.41) is 2.83. The molecule has 10 heteroatoms. The third kappa shape index (κ3) is 4.77. The first-order valence-electron chi connectivity index (χ1n) is 9.77. The summed E-state index contributed by atoms with van der Waals surface area (Å²) >= 11 is 0. The van der Waals surface area contributed by atoms with Crippen LogP contribution < -0.4 is 11.0 Å². The lowest BCUT2D eigenvalue weighted by Crippen LogP contribution is -2.28. The highest BCUT2D eigenvalue weighted by Gasteiger charge is 2.40. The van der Waals surface area contributed by atoms with Gasteiger partial charge in [0.15, 0.2) is 0 Å². The van der Waals surface area contributed by atoms with Gasteiger partial charge in [-0.25, -0.2) is 13.6 Å². The number of imidazole rings is 1. The summed E-state index contributed by atoms with van der Waals surface area (Å²) in [6.07, 6.45) is 1.53. The van der Waals surface area contributed by atoms with Crippen molar-refractivity contribution >= 4 is 29.3 Å². The van der Waals surface area contributed by atoms with Gasteiger partial charge >= 0.3 is 5.69 Å². The third-order valence-electron chi connectivity index (χ3n) is 5.64. The monoisotopic (exact) mass is 451 g/mol. The predicted molar refractivity (Wildman–Crippen MR) is 116 cm³/mol. The van der Waals surface area contributed by atoms with Crippen LogP contribution in [0.25, 0.3) is 11.0 Å². The van der Waals surface area contributed by atoms with Crippen LogP contribution in [0.5, 0.6) is 0 Å². The van der Waals surface area contributed by atoms with Gasteiger partial charge in [0.05, 0.1) is 23.3 Å². The van der Waals surface area contributed by atoms with Crippen molar-refractivity contribution in [2.75, 3.05) is 13.1 Å². The topological polar surface area (TPSA) is 83.0 Å². The highest BCUT2D eigenvalue weighted by Crippen LogP contribution is 2.32. The molecule has 1 unspecified atom stereocenters. The number of amides is 1. The number of benzene rings is 1. The molecule has 1 atom stereocenters. The van der Waals surface area contributed by atoms with Crippen LogP contribution in [0.2, 0.25) is 0 Å². The molecular weight excluding hydrogens is 428 g/mol. The van der Waals surface area contributed by atoms with Gasteiger partial charge in [-0.05, 0) is 36.8 Å². The molecule has 1 aliphatic rings. The second kappa shape index (κ2) is 8.76. The van der Waals surface area contributed by atoms with Crippen molar-refractivity contribution in [1.29, 1.82) is 0 Å². The number of pyridine rings is 1. The molecule has 3 heterocycles. The van der Waals surface area contributed by atoms with Crippen molar-refractivity contribution in [3.63, 3.8) is 0 Å². The first-order chi connectivity index (χ1) is 14.2. The van der Waals surface area contributed by atoms with Crippen LogP contribution >= 0.6 is 12.4 Å². The highest BCUT2D eigenvalue weighted by molar-refractivity contribution is 5.97. The Morgan fingerprint density at radius 1 is 1.32 bits per heavy atom. The van der Waals surface area contributed by atoms with Gasteiger partial charge in [0, 0.05) is 44.4 Å². The van der Waals surface area contributed by atoms with Gasteiger partial charge in [-0.3, -0.25) is 19.2 Å². The van der Waals surface area contributed by atoms with Crippen molar-refractivity contribution in [2.45, 2.75) is 31.9 Å². The summed E-state index contributed by atoms with van der Waals surface area (Å²) < 4.78 is 28.4. The number of likely N-dealkylation sites (tertiary alicyclic amines) is 1. The molecule has 1 saturated heterocycles. The van der Waals surface area contributed by atoms with Gasteiger partial charge < -0.3 is 10.3 Å². The zero-order valence-corrected chi connectivity index (χ0v) is 18.0. The SMILES string of the molecule is CC(c1ccc(CNC(=O)c2ccc3c(c2)[nH]c(=O)n3C)cn1)N1CCC(F)(F)C1.Cl. The number of hydrogen-bond acceptors (Lipinski definition) is 4. The van der Waals surface area contributed by atoms with E-state index in [2.05, 4.69) is 15.3 Å². The van der Waals surface area contributed by atoms with Crippen LogP contribution in [0.1, 0.15) is 41.0 Å². The Morgan fingerprint density at radius 2 is 2.10 bits per heavy atom. The number of nitrogens with zero attached hydrogens (tertiary/aromatic N) is 3. The Balaban J connectivity index is 0.00000272. The van der Waals surface area contributed by atoms with E-state index in [4.69, 9.17) is 0 Å². The Labute approximate surface area is 183 Å². The zero-order chi connectivity index (χ0) is 21.5. The summed E-state index contributed by atoms with van der Waals surface area (Å²) in [6.45, 7) is 2.26. The number of nitrogens with one attached hydrogen (secondary N) is 2. The van der Waals surface area contributed by atoms with E-state index in [9.17, 15) is 18.4 Å². The van der Waals surface area contributed by atoms with Gasteiger partial charge in [-0.15, -0.1) is 12.4 Å². The molecular formula is C21H24ClF2N5O2. The molecule has 0 saturated carbocycles. The standard InChI is InChI=1S/C21H23F2N5O2.ClH/c1-13(28-8-7-21(22,23)12-28)16-5-3-14(10-24-16)11-25-19(29)15-4-6-18-17(9-15)26-20(30)27(18)2;/h3-6,9-10,13H,7-8,11-12H2,1-2H3,(H,25,29)(H,26,30);1H. The summed E-state index contributed by atoms with van der Waals surface area (Å²) in [4.78, 5) is 33.0. The highest BCUT2D eigenvalue weighted by atomic mass is 35.5. The molecule has 2 aromatic heterocycles. The van der Waals surface area contributed by atoms with Gasteiger partial charge in [0.25, 0.3) is 11.8 Å². The summed E-state index contributed by atoms with van der Waals surface area (Å²) in [7, 11) is 1.66. The molecule has 1 aromatic carbocycles. The fourth-order valence-electron chi connectivity index (χ4n) is 3.73.